The van der Waals surface area contributed by atoms with E-state index in [1.54, 1.807) is 0 Å². The summed E-state index contributed by atoms with van der Waals surface area (Å²) < 4.78 is 33.3. The number of hydrogen-bond acceptors (Lipinski definition) is 3. The van der Waals surface area contributed by atoms with Crippen LogP contribution in [0.5, 0.6) is 0 Å². The van der Waals surface area contributed by atoms with Crippen molar-refractivity contribution in [2.24, 2.45) is 0 Å². The summed E-state index contributed by atoms with van der Waals surface area (Å²) in [5.74, 6) is -1.65. The highest BCUT2D eigenvalue weighted by molar-refractivity contribution is 5.75. The van der Waals surface area contributed by atoms with E-state index in [0.29, 0.717) is 0 Å². The highest BCUT2D eigenvalue weighted by Crippen LogP contribution is 2.17. The molecule has 0 aromatic heterocycles. The zero-order valence-electron chi connectivity index (χ0n) is 7.39. The average molecular weight is 194 g/mol. The lowest BCUT2D eigenvalue weighted by Crippen LogP contribution is -2.34. The first-order valence-corrected chi connectivity index (χ1v) is 3.84. The summed E-state index contributed by atoms with van der Waals surface area (Å²) in [6, 6.07) is 0. The highest BCUT2D eigenvalue weighted by Gasteiger charge is 2.42. The van der Waals surface area contributed by atoms with Gasteiger partial charge in [0.25, 0.3) is 0 Å². The number of rotatable bonds is 6. The Hall–Kier alpha value is -0.970. The van der Waals surface area contributed by atoms with Gasteiger partial charge in [-0.25, -0.2) is 4.79 Å². The molecular formula is C8H12F2O3. The maximum Gasteiger partial charge on any atom is 0.456 e. The number of alkyl halides is 2. The van der Waals surface area contributed by atoms with E-state index in [9.17, 15) is 13.6 Å². The van der Waals surface area contributed by atoms with Gasteiger partial charge in [0.2, 0.25) is 0 Å². The van der Waals surface area contributed by atoms with Crippen molar-refractivity contribution in [2.75, 3.05) is 13.2 Å². The minimum atomic E-state index is -3.85. The first kappa shape index (κ1) is 12.0. The van der Waals surface area contributed by atoms with Crippen molar-refractivity contribution in [1.29, 1.82) is 0 Å². The first-order valence-electron chi connectivity index (χ1n) is 3.84. The zero-order chi connectivity index (χ0) is 10.3. The van der Waals surface area contributed by atoms with Crippen molar-refractivity contribution in [3.05, 3.63) is 12.7 Å². The number of halogens is 2. The van der Waals surface area contributed by atoms with Crippen molar-refractivity contribution in [2.45, 2.75) is 19.5 Å². The molecule has 0 atom stereocenters. The molecule has 0 spiro atoms. The van der Waals surface area contributed by atoms with Crippen molar-refractivity contribution in [1.82, 2.24) is 0 Å². The molecule has 13 heavy (non-hydrogen) atoms. The van der Waals surface area contributed by atoms with E-state index in [-0.39, 0.29) is 19.6 Å². The summed E-state index contributed by atoms with van der Waals surface area (Å²) >= 11 is 0. The SMILES string of the molecule is C=CCCOC(F)(F)C(=O)OCC. The van der Waals surface area contributed by atoms with Crippen LogP contribution in [-0.2, 0) is 14.3 Å². The molecule has 0 amide bonds. The van der Waals surface area contributed by atoms with Crippen molar-refractivity contribution >= 4 is 5.97 Å². The lowest BCUT2D eigenvalue weighted by atomic mass is 10.4. The fraction of sp³-hybridized carbons (Fsp3) is 0.625. The average Bonchev–Trinajstić information content (AvgIpc) is 2.05. The second kappa shape index (κ2) is 5.64. The molecule has 0 aromatic carbocycles. The minimum absolute atomic E-state index is 0.0980. The topological polar surface area (TPSA) is 35.5 Å². The van der Waals surface area contributed by atoms with Crippen LogP contribution in [0.1, 0.15) is 13.3 Å². The Kier molecular flexibility index (Phi) is 5.22. The second-order valence-corrected chi connectivity index (χ2v) is 2.16. The van der Waals surface area contributed by atoms with Gasteiger partial charge in [0.15, 0.2) is 0 Å². The van der Waals surface area contributed by atoms with Crippen molar-refractivity contribution < 1.29 is 23.0 Å². The Labute approximate surface area is 75.3 Å². The van der Waals surface area contributed by atoms with Gasteiger partial charge in [0, 0.05) is 0 Å². The molecule has 0 heterocycles. The van der Waals surface area contributed by atoms with Gasteiger partial charge in [-0.3, -0.25) is 0 Å². The number of hydrogen-bond donors (Lipinski definition) is 0. The molecule has 0 aromatic rings. The molecule has 0 rings (SSSR count). The molecule has 5 heteroatoms. The van der Waals surface area contributed by atoms with E-state index < -0.39 is 12.1 Å². The summed E-state index contributed by atoms with van der Waals surface area (Å²) in [5, 5.41) is 0. The zero-order valence-corrected chi connectivity index (χ0v) is 7.39. The Balaban J connectivity index is 3.90. The monoisotopic (exact) mass is 194 g/mol. The van der Waals surface area contributed by atoms with Gasteiger partial charge in [0.1, 0.15) is 0 Å². The van der Waals surface area contributed by atoms with E-state index in [1.807, 2.05) is 0 Å². The summed E-state index contributed by atoms with van der Waals surface area (Å²) in [4.78, 5) is 10.5. The standard InChI is InChI=1S/C8H12F2O3/c1-3-5-6-13-8(9,10)7(11)12-4-2/h3H,1,4-6H2,2H3. The second-order valence-electron chi connectivity index (χ2n) is 2.16. The Morgan fingerprint density at radius 1 is 1.62 bits per heavy atom. The fourth-order valence-corrected chi connectivity index (χ4v) is 0.544. The summed E-state index contributed by atoms with van der Waals surface area (Å²) in [6.07, 6.45) is -2.17. The highest BCUT2D eigenvalue weighted by atomic mass is 19.3. The van der Waals surface area contributed by atoms with Gasteiger partial charge in [-0.1, -0.05) is 6.08 Å². The van der Waals surface area contributed by atoms with Gasteiger partial charge in [-0.2, -0.15) is 8.78 Å². The summed E-state index contributed by atoms with van der Waals surface area (Å²) in [6.45, 7) is 4.41. The molecule has 0 radical (unpaired) electrons. The van der Waals surface area contributed by atoms with E-state index in [1.165, 1.54) is 13.0 Å². The molecule has 0 aliphatic carbocycles. The third kappa shape index (κ3) is 4.57. The third-order valence-electron chi connectivity index (χ3n) is 1.12. The van der Waals surface area contributed by atoms with E-state index in [2.05, 4.69) is 16.1 Å². The van der Waals surface area contributed by atoms with Crippen LogP contribution >= 0.6 is 0 Å². The largest absolute Gasteiger partial charge is 0.460 e. The lowest BCUT2D eigenvalue weighted by Gasteiger charge is -2.13. The minimum Gasteiger partial charge on any atom is -0.460 e. The lowest BCUT2D eigenvalue weighted by molar-refractivity contribution is -0.249. The summed E-state index contributed by atoms with van der Waals surface area (Å²) in [5.41, 5.74) is 0. The smallest absolute Gasteiger partial charge is 0.456 e. The van der Waals surface area contributed by atoms with Crippen LogP contribution in [0.3, 0.4) is 0 Å². The van der Waals surface area contributed by atoms with Gasteiger partial charge in [0.05, 0.1) is 13.2 Å². The van der Waals surface area contributed by atoms with E-state index in [0.717, 1.165) is 0 Å². The van der Waals surface area contributed by atoms with Crippen LogP contribution in [0.15, 0.2) is 12.7 Å². The number of carbonyl (C=O) groups excluding carboxylic acids is 1. The van der Waals surface area contributed by atoms with Crippen LogP contribution in [0.4, 0.5) is 8.78 Å². The van der Waals surface area contributed by atoms with Crippen molar-refractivity contribution in [3.8, 4) is 0 Å². The van der Waals surface area contributed by atoms with Crippen LogP contribution in [0.25, 0.3) is 0 Å². The van der Waals surface area contributed by atoms with Gasteiger partial charge in [-0.05, 0) is 13.3 Å². The molecule has 0 unspecified atom stereocenters. The van der Waals surface area contributed by atoms with Crippen LogP contribution in [0, 0.1) is 0 Å². The third-order valence-corrected chi connectivity index (χ3v) is 1.12. The maximum absolute atomic E-state index is 12.6. The number of carbonyl (C=O) groups is 1. The normalized spacial score (nSPS) is 11.0. The number of ether oxygens (including phenoxy) is 2. The molecule has 0 N–H and O–H groups in total. The number of esters is 1. The molecule has 0 saturated carbocycles. The Morgan fingerprint density at radius 2 is 2.23 bits per heavy atom. The van der Waals surface area contributed by atoms with Crippen molar-refractivity contribution in [3.63, 3.8) is 0 Å². The molecule has 0 bridgehead atoms. The molecule has 76 valence electrons. The van der Waals surface area contributed by atoms with Gasteiger partial charge in [-0.15, -0.1) is 6.58 Å². The van der Waals surface area contributed by atoms with Gasteiger partial charge >= 0.3 is 12.1 Å². The van der Waals surface area contributed by atoms with Gasteiger partial charge < -0.3 is 9.47 Å². The predicted octanol–water partition coefficient (Wildman–Crippen LogP) is 1.74. The molecule has 0 fully saturated rings. The first-order chi connectivity index (χ1) is 6.04. The molecule has 3 nitrogen and oxygen atoms in total. The Bertz CT molecular complexity index is 180. The summed E-state index contributed by atoms with van der Waals surface area (Å²) in [7, 11) is 0. The molecule has 0 saturated heterocycles. The van der Waals surface area contributed by atoms with Crippen LogP contribution < -0.4 is 0 Å². The maximum atomic E-state index is 12.6. The predicted molar refractivity (Wildman–Crippen MR) is 42.3 cm³/mol. The quantitative estimate of drug-likeness (QED) is 0.367. The molecule has 0 aliphatic heterocycles. The molecular weight excluding hydrogens is 182 g/mol. The molecule has 0 aliphatic rings. The Morgan fingerprint density at radius 3 is 2.69 bits per heavy atom. The van der Waals surface area contributed by atoms with Crippen LogP contribution in [0.2, 0.25) is 0 Å². The van der Waals surface area contributed by atoms with Crippen LogP contribution in [-0.4, -0.2) is 25.3 Å². The van der Waals surface area contributed by atoms with E-state index >= 15 is 0 Å². The van der Waals surface area contributed by atoms with E-state index in [4.69, 9.17) is 0 Å². The fourth-order valence-electron chi connectivity index (χ4n) is 0.544.